The highest BCUT2D eigenvalue weighted by Crippen LogP contribution is 2.33. The van der Waals surface area contributed by atoms with Crippen molar-refractivity contribution in [1.29, 1.82) is 0 Å². The number of likely N-dealkylation sites (tertiary alicyclic amines) is 1. The Kier molecular flexibility index (Phi) is 4.25. The molecular formula is C16H23N3O2S. The van der Waals surface area contributed by atoms with E-state index in [2.05, 4.69) is 29.2 Å². The summed E-state index contributed by atoms with van der Waals surface area (Å²) in [6.45, 7) is 2.25. The Balaban J connectivity index is 1.85. The van der Waals surface area contributed by atoms with Crippen molar-refractivity contribution in [3.63, 3.8) is 0 Å². The third kappa shape index (κ3) is 3.51. The first-order valence-electron chi connectivity index (χ1n) is 7.71. The summed E-state index contributed by atoms with van der Waals surface area (Å²) in [5, 5.41) is 6.32. The van der Waals surface area contributed by atoms with Gasteiger partial charge in [-0.05, 0) is 68.6 Å². The molecule has 1 fully saturated rings. The molecule has 2 aromatic rings. The van der Waals surface area contributed by atoms with Crippen LogP contribution in [0, 0.1) is 0 Å². The van der Waals surface area contributed by atoms with E-state index in [4.69, 9.17) is 5.14 Å². The average molecular weight is 321 g/mol. The Hall–Kier alpha value is -1.37. The molecule has 0 spiro atoms. The maximum Gasteiger partial charge on any atom is 0.209 e. The van der Waals surface area contributed by atoms with Crippen molar-refractivity contribution in [3.8, 4) is 0 Å². The number of rotatable bonds is 4. The number of aromatic nitrogens is 1. The monoisotopic (exact) mass is 321 g/mol. The van der Waals surface area contributed by atoms with Crippen molar-refractivity contribution < 1.29 is 8.42 Å². The van der Waals surface area contributed by atoms with Crippen LogP contribution in [-0.4, -0.2) is 44.2 Å². The minimum absolute atomic E-state index is 0.00745. The zero-order valence-electron chi connectivity index (χ0n) is 12.9. The van der Waals surface area contributed by atoms with Crippen LogP contribution in [0.5, 0.6) is 0 Å². The molecule has 2 heterocycles. The minimum atomic E-state index is -3.41. The van der Waals surface area contributed by atoms with Crippen LogP contribution in [0.3, 0.4) is 0 Å². The highest BCUT2D eigenvalue weighted by atomic mass is 32.2. The Morgan fingerprint density at radius 3 is 2.73 bits per heavy atom. The quantitative estimate of drug-likeness (QED) is 0.901. The molecule has 120 valence electrons. The Bertz CT molecular complexity index is 759. The first kappa shape index (κ1) is 15.5. The second-order valence-corrected chi connectivity index (χ2v) is 8.05. The van der Waals surface area contributed by atoms with E-state index in [0.717, 1.165) is 24.2 Å². The minimum Gasteiger partial charge on any atom is -0.361 e. The molecule has 0 saturated carbocycles. The predicted molar refractivity (Wildman–Crippen MR) is 89.4 cm³/mol. The van der Waals surface area contributed by atoms with E-state index in [-0.39, 0.29) is 5.75 Å². The lowest BCUT2D eigenvalue weighted by atomic mass is 9.89. The third-order valence-electron chi connectivity index (χ3n) is 4.61. The number of nitrogens with zero attached hydrogens (tertiary/aromatic N) is 1. The van der Waals surface area contributed by atoms with Crippen LogP contribution in [0.1, 0.15) is 29.9 Å². The number of hydrogen-bond acceptors (Lipinski definition) is 3. The van der Waals surface area contributed by atoms with Gasteiger partial charge in [-0.15, -0.1) is 0 Å². The number of aryl methyl sites for hydroxylation is 1. The van der Waals surface area contributed by atoms with E-state index in [1.807, 2.05) is 12.1 Å². The molecule has 1 aliphatic heterocycles. The number of H-pyrrole nitrogens is 1. The van der Waals surface area contributed by atoms with Crippen LogP contribution >= 0.6 is 0 Å². The molecule has 1 aliphatic rings. The van der Waals surface area contributed by atoms with Gasteiger partial charge in [-0.25, -0.2) is 13.6 Å². The number of piperidine rings is 1. The van der Waals surface area contributed by atoms with Gasteiger partial charge in [0.2, 0.25) is 10.0 Å². The molecule has 1 aromatic carbocycles. The summed E-state index contributed by atoms with van der Waals surface area (Å²) in [6.07, 6.45) is 4.92. The van der Waals surface area contributed by atoms with Gasteiger partial charge >= 0.3 is 0 Å². The highest BCUT2D eigenvalue weighted by molar-refractivity contribution is 7.89. The summed E-state index contributed by atoms with van der Waals surface area (Å²) in [5.41, 5.74) is 3.50. The topological polar surface area (TPSA) is 79.2 Å². The van der Waals surface area contributed by atoms with Crippen LogP contribution in [0.15, 0.2) is 24.4 Å². The van der Waals surface area contributed by atoms with Gasteiger partial charge in [0.1, 0.15) is 0 Å². The zero-order valence-corrected chi connectivity index (χ0v) is 13.7. The number of aromatic amines is 1. The van der Waals surface area contributed by atoms with Gasteiger partial charge in [0, 0.05) is 17.1 Å². The predicted octanol–water partition coefficient (Wildman–Crippen LogP) is 1.81. The number of primary sulfonamides is 1. The molecule has 0 radical (unpaired) electrons. The summed E-state index contributed by atoms with van der Waals surface area (Å²) < 4.78 is 22.3. The van der Waals surface area contributed by atoms with Crippen LogP contribution < -0.4 is 5.14 Å². The number of nitrogens with two attached hydrogens (primary N) is 1. The molecule has 1 aromatic heterocycles. The average Bonchev–Trinajstić information content (AvgIpc) is 2.88. The van der Waals surface area contributed by atoms with Crippen molar-refractivity contribution in [3.05, 3.63) is 35.5 Å². The van der Waals surface area contributed by atoms with E-state index < -0.39 is 10.0 Å². The van der Waals surface area contributed by atoms with Crippen LogP contribution in [-0.2, 0) is 16.4 Å². The normalized spacial score (nSPS) is 18.1. The Morgan fingerprint density at radius 1 is 1.32 bits per heavy atom. The fraction of sp³-hybridized carbons (Fsp3) is 0.500. The summed E-state index contributed by atoms with van der Waals surface area (Å²) in [4.78, 5) is 5.70. The maximum absolute atomic E-state index is 11.1. The summed E-state index contributed by atoms with van der Waals surface area (Å²) in [6, 6.07) is 6.12. The van der Waals surface area contributed by atoms with E-state index in [1.165, 1.54) is 23.8 Å². The van der Waals surface area contributed by atoms with E-state index >= 15 is 0 Å². The van der Waals surface area contributed by atoms with E-state index in [0.29, 0.717) is 12.3 Å². The molecule has 0 atom stereocenters. The van der Waals surface area contributed by atoms with Gasteiger partial charge in [-0.1, -0.05) is 6.07 Å². The molecule has 1 saturated heterocycles. The van der Waals surface area contributed by atoms with Crippen LogP contribution in [0.4, 0.5) is 0 Å². The van der Waals surface area contributed by atoms with Crippen molar-refractivity contribution >= 4 is 20.9 Å². The van der Waals surface area contributed by atoms with Gasteiger partial charge < -0.3 is 9.88 Å². The van der Waals surface area contributed by atoms with Crippen LogP contribution in [0.2, 0.25) is 0 Å². The zero-order chi connectivity index (χ0) is 15.7. The van der Waals surface area contributed by atoms with Crippen molar-refractivity contribution in [2.45, 2.75) is 25.2 Å². The summed E-state index contributed by atoms with van der Waals surface area (Å²) in [5.74, 6) is 0.574. The number of fused-ring (bicyclic) bond motifs is 1. The number of nitrogens with one attached hydrogen (secondary N) is 1. The fourth-order valence-electron chi connectivity index (χ4n) is 3.26. The number of hydrogen-bond donors (Lipinski definition) is 2. The second kappa shape index (κ2) is 6.02. The second-order valence-electron chi connectivity index (χ2n) is 6.32. The fourth-order valence-corrected chi connectivity index (χ4v) is 3.78. The lowest BCUT2D eigenvalue weighted by Crippen LogP contribution is -2.29. The standard InChI is InChI=1S/C16H23N3O2S/c1-19-7-4-13(5-8-19)15-11-18-16-3-2-12(10-14(15)16)6-9-22(17,20)21/h2-3,10-11,13,18H,4-9H2,1H3,(H2,17,20,21). The molecular weight excluding hydrogens is 298 g/mol. The molecule has 3 N–H and O–H groups in total. The molecule has 3 rings (SSSR count). The molecule has 5 nitrogen and oxygen atoms in total. The molecule has 0 amide bonds. The lowest BCUT2D eigenvalue weighted by Gasteiger charge is -2.28. The molecule has 6 heteroatoms. The van der Waals surface area contributed by atoms with Gasteiger partial charge in [0.15, 0.2) is 0 Å². The lowest BCUT2D eigenvalue weighted by molar-refractivity contribution is 0.256. The van der Waals surface area contributed by atoms with Crippen LogP contribution in [0.25, 0.3) is 10.9 Å². The molecule has 22 heavy (non-hydrogen) atoms. The van der Waals surface area contributed by atoms with Gasteiger partial charge in [-0.3, -0.25) is 0 Å². The van der Waals surface area contributed by atoms with E-state index in [9.17, 15) is 8.42 Å². The number of benzene rings is 1. The molecule has 0 bridgehead atoms. The molecule has 0 unspecified atom stereocenters. The largest absolute Gasteiger partial charge is 0.361 e. The first-order valence-corrected chi connectivity index (χ1v) is 9.43. The van der Waals surface area contributed by atoms with Gasteiger partial charge in [-0.2, -0.15) is 0 Å². The van der Waals surface area contributed by atoms with Gasteiger partial charge in [0.05, 0.1) is 5.75 Å². The maximum atomic E-state index is 11.1. The number of sulfonamides is 1. The Labute approximate surface area is 131 Å². The molecule has 0 aliphatic carbocycles. The van der Waals surface area contributed by atoms with Crippen molar-refractivity contribution in [2.75, 3.05) is 25.9 Å². The van der Waals surface area contributed by atoms with Crippen molar-refractivity contribution in [1.82, 2.24) is 9.88 Å². The summed E-state index contributed by atoms with van der Waals surface area (Å²) >= 11 is 0. The van der Waals surface area contributed by atoms with Gasteiger partial charge in [0.25, 0.3) is 0 Å². The Morgan fingerprint density at radius 2 is 2.05 bits per heavy atom. The highest BCUT2D eigenvalue weighted by Gasteiger charge is 2.21. The SMILES string of the molecule is CN1CCC(c2c[nH]c3ccc(CCS(N)(=O)=O)cc23)CC1. The summed E-state index contributed by atoms with van der Waals surface area (Å²) in [7, 11) is -1.25. The smallest absolute Gasteiger partial charge is 0.209 e. The van der Waals surface area contributed by atoms with Crippen molar-refractivity contribution in [2.24, 2.45) is 5.14 Å². The first-order chi connectivity index (χ1) is 10.4. The third-order valence-corrected chi connectivity index (χ3v) is 5.38. The van der Waals surface area contributed by atoms with E-state index in [1.54, 1.807) is 0 Å².